The van der Waals surface area contributed by atoms with Crippen molar-refractivity contribution in [3.05, 3.63) is 17.5 Å². The number of hydrogen-bond donors (Lipinski definition) is 0. The van der Waals surface area contributed by atoms with E-state index >= 15 is 0 Å². The molecule has 0 aliphatic carbocycles. The molecule has 1 aromatic rings. The highest BCUT2D eigenvalue weighted by Crippen LogP contribution is 2.11. The van der Waals surface area contributed by atoms with Crippen molar-refractivity contribution in [2.75, 3.05) is 0 Å². The van der Waals surface area contributed by atoms with Crippen molar-refractivity contribution < 1.29 is 4.79 Å². The number of rotatable bonds is 4. The van der Waals surface area contributed by atoms with E-state index in [9.17, 15) is 4.79 Å². The van der Waals surface area contributed by atoms with Gasteiger partial charge in [0.2, 0.25) is 0 Å². The highest BCUT2D eigenvalue weighted by molar-refractivity contribution is 5.80. The van der Waals surface area contributed by atoms with Crippen LogP contribution < -0.4 is 0 Å². The van der Waals surface area contributed by atoms with Crippen molar-refractivity contribution in [1.82, 2.24) is 9.78 Å². The molecule has 0 fully saturated rings. The fourth-order valence-electron chi connectivity index (χ4n) is 1.63. The summed E-state index contributed by atoms with van der Waals surface area (Å²) in [6.45, 7) is 5.86. The second-order valence-electron chi connectivity index (χ2n) is 3.83. The fraction of sp³-hybridized carbons (Fsp3) is 0.636. The van der Waals surface area contributed by atoms with Crippen molar-refractivity contribution in [3.8, 4) is 0 Å². The summed E-state index contributed by atoms with van der Waals surface area (Å²) < 4.78 is 1.86. The van der Waals surface area contributed by atoms with E-state index in [-0.39, 0.29) is 5.92 Å². The van der Waals surface area contributed by atoms with E-state index in [1.54, 1.807) is 0 Å². The van der Waals surface area contributed by atoms with E-state index in [0.717, 1.165) is 17.8 Å². The molecule has 0 aliphatic heterocycles. The first kappa shape index (κ1) is 11.0. The summed E-state index contributed by atoms with van der Waals surface area (Å²) in [6, 6.07) is 2.04. The van der Waals surface area contributed by atoms with Gasteiger partial charge in [0.1, 0.15) is 5.78 Å². The van der Waals surface area contributed by atoms with Crippen molar-refractivity contribution >= 4 is 5.78 Å². The van der Waals surface area contributed by atoms with Crippen LogP contribution in [0.5, 0.6) is 0 Å². The molecule has 0 aromatic carbocycles. The Morgan fingerprint density at radius 3 is 2.71 bits per heavy atom. The standard InChI is InChI=1S/C11H18N2O/c1-5-11(14)8(2)6-10-7-9(3)12-13(10)4/h7-8H,5-6H2,1-4H3. The van der Waals surface area contributed by atoms with Crippen LogP contribution in [0.25, 0.3) is 0 Å². The normalized spacial score (nSPS) is 12.9. The molecule has 1 aromatic heterocycles. The third-order valence-electron chi connectivity index (χ3n) is 2.51. The van der Waals surface area contributed by atoms with Gasteiger partial charge in [0, 0.05) is 25.1 Å². The molecule has 3 nitrogen and oxygen atoms in total. The average molecular weight is 194 g/mol. The predicted molar refractivity (Wildman–Crippen MR) is 56.1 cm³/mol. The average Bonchev–Trinajstić information content (AvgIpc) is 2.44. The van der Waals surface area contributed by atoms with Crippen LogP contribution in [0.2, 0.25) is 0 Å². The predicted octanol–water partition coefficient (Wildman–Crippen LogP) is 1.89. The van der Waals surface area contributed by atoms with Gasteiger partial charge in [-0.05, 0) is 19.4 Å². The van der Waals surface area contributed by atoms with Crippen LogP contribution in [0, 0.1) is 12.8 Å². The second kappa shape index (κ2) is 4.40. The Labute approximate surface area is 85.1 Å². The van der Waals surface area contributed by atoms with Crippen LogP contribution in [-0.4, -0.2) is 15.6 Å². The summed E-state index contributed by atoms with van der Waals surface area (Å²) in [7, 11) is 1.92. The minimum Gasteiger partial charge on any atom is -0.299 e. The number of carbonyl (C=O) groups is 1. The lowest BCUT2D eigenvalue weighted by Crippen LogP contribution is -2.14. The zero-order chi connectivity index (χ0) is 10.7. The Kier molecular flexibility index (Phi) is 3.44. The number of nitrogens with zero attached hydrogens (tertiary/aromatic N) is 2. The van der Waals surface area contributed by atoms with Gasteiger partial charge in [0.25, 0.3) is 0 Å². The van der Waals surface area contributed by atoms with Crippen LogP contribution in [0.1, 0.15) is 31.7 Å². The third kappa shape index (κ3) is 2.44. The van der Waals surface area contributed by atoms with Gasteiger partial charge in [0.15, 0.2) is 0 Å². The van der Waals surface area contributed by atoms with Crippen LogP contribution in [0.4, 0.5) is 0 Å². The van der Waals surface area contributed by atoms with Gasteiger partial charge in [-0.3, -0.25) is 9.48 Å². The van der Waals surface area contributed by atoms with Crippen molar-refractivity contribution in [2.45, 2.75) is 33.6 Å². The topological polar surface area (TPSA) is 34.9 Å². The van der Waals surface area contributed by atoms with E-state index in [1.165, 1.54) is 0 Å². The number of hydrogen-bond acceptors (Lipinski definition) is 2. The molecule has 1 unspecified atom stereocenters. The molecule has 0 bridgehead atoms. The fourth-order valence-corrected chi connectivity index (χ4v) is 1.63. The summed E-state index contributed by atoms with van der Waals surface area (Å²) in [5.74, 6) is 0.429. The highest BCUT2D eigenvalue weighted by Gasteiger charge is 2.13. The third-order valence-corrected chi connectivity index (χ3v) is 2.51. The molecule has 0 radical (unpaired) electrons. The molecule has 1 atom stereocenters. The van der Waals surface area contributed by atoms with Crippen LogP contribution >= 0.6 is 0 Å². The summed E-state index contributed by atoms with van der Waals surface area (Å²) in [5.41, 5.74) is 2.15. The molecule has 0 N–H and O–H groups in total. The first-order valence-corrected chi connectivity index (χ1v) is 5.06. The van der Waals surface area contributed by atoms with Gasteiger partial charge in [-0.1, -0.05) is 13.8 Å². The van der Waals surface area contributed by atoms with Crippen LogP contribution in [-0.2, 0) is 18.3 Å². The lowest BCUT2D eigenvalue weighted by atomic mass is 9.99. The van der Waals surface area contributed by atoms with Gasteiger partial charge >= 0.3 is 0 Å². The number of Topliss-reactive ketones (excluding diaryl/α,β-unsaturated/α-hetero) is 1. The van der Waals surface area contributed by atoms with Crippen molar-refractivity contribution in [3.63, 3.8) is 0 Å². The molecule has 78 valence electrons. The Hall–Kier alpha value is -1.12. The molecule has 0 saturated carbocycles. The molecular weight excluding hydrogens is 176 g/mol. The second-order valence-corrected chi connectivity index (χ2v) is 3.83. The number of carbonyl (C=O) groups excluding carboxylic acids is 1. The summed E-state index contributed by atoms with van der Waals surface area (Å²) in [4.78, 5) is 11.4. The van der Waals surface area contributed by atoms with E-state index in [2.05, 4.69) is 5.10 Å². The minimum atomic E-state index is 0.106. The molecule has 14 heavy (non-hydrogen) atoms. The van der Waals surface area contributed by atoms with E-state index in [4.69, 9.17) is 0 Å². The molecule has 1 rings (SSSR count). The Bertz CT molecular complexity index is 328. The number of aromatic nitrogens is 2. The molecule has 1 heterocycles. The molecular formula is C11H18N2O. The van der Waals surface area contributed by atoms with E-state index < -0.39 is 0 Å². The smallest absolute Gasteiger partial charge is 0.135 e. The van der Waals surface area contributed by atoms with Gasteiger partial charge < -0.3 is 0 Å². The molecule has 0 spiro atoms. The maximum absolute atomic E-state index is 11.4. The van der Waals surface area contributed by atoms with Gasteiger partial charge in [0.05, 0.1) is 5.69 Å². The molecule has 0 amide bonds. The van der Waals surface area contributed by atoms with Crippen LogP contribution in [0.3, 0.4) is 0 Å². The largest absolute Gasteiger partial charge is 0.299 e. The highest BCUT2D eigenvalue weighted by atomic mass is 16.1. The van der Waals surface area contributed by atoms with Gasteiger partial charge in [-0.25, -0.2) is 0 Å². The lowest BCUT2D eigenvalue weighted by molar-refractivity contribution is -0.122. The quantitative estimate of drug-likeness (QED) is 0.733. The number of aryl methyl sites for hydroxylation is 2. The van der Waals surface area contributed by atoms with Crippen molar-refractivity contribution in [2.24, 2.45) is 13.0 Å². The first-order valence-electron chi connectivity index (χ1n) is 5.06. The maximum Gasteiger partial charge on any atom is 0.135 e. The Morgan fingerprint density at radius 1 is 1.64 bits per heavy atom. The van der Waals surface area contributed by atoms with Gasteiger partial charge in [-0.2, -0.15) is 5.10 Å². The van der Waals surface area contributed by atoms with E-state index in [0.29, 0.717) is 12.2 Å². The summed E-state index contributed by atoms with van der Waals surface area (Å²) in [6.07, 6.45) is 1.42. The zero-order valence-electron chi connectivity index (χ0n) is 9.37. The van der Waals surface area contributed by atoms with Gasteiger partial charge in [-0.15, -0.1) is 0 Å². The minimum absolute atomic E-state index is 0.106. The van der Waals surface area contributed by atoms with Crippen LogP contribution in [0.15, 0.2) is 6.07 Å². The molecule has 0 aliphatic rings. The Morgan fingerprint density at radius 2 is 2.29 bits per heavy atom. The van der Waals surface area contributed by atoms with E-state index in [1.807, 2.05) is 38.6 Å². The monoisotopic (exact) mass is 194 g/mol. The van der Waals surface area contributed by atoms with Crippen molar-refractivity contribution in [1.29, 1.82) is 0 Å². The number of ketones is 1. The zero-order valence-corrected chi connectivity index (χ0v) is 9.37. The Balaban J connectivity index is 2.69. The lowest BCUT2D eigenvalue weighted by Gasteiger charge is -2.08. The molecule has 0 saturated heterocycles. The molecule has 3 heteroatoms. The summed E-state index contributed by atoms with van der Waals surface area (Å²) >= 11 is 0. The first-order chi connectivity index (χ1) is 6.54. The summed E-state index contributed by atoms with van der Waals surface area (Å²) in [5, 5.41) is 4.25. The maximum atomic E-state index is 11.4. The SMILES string of the molecule is CCC(=O)C(C)Cc1cc(C)nn1C.